The lowest BCUT2D eigenvalue weighted by Crippen LogP contribution is -2.17. The van der Waals surface area contributed by atoms with E-state index in [0.717, 1.165) is 5.69 Å². The molecule has 0 bridgehead atoms. The van der Waals surface area contributed by atoms with Crippen LogP contribution in [-0.4, -0.2) is 12.5 Å². The summed E-state index contributed by atoms with van der Waals surface area (Å²) < 4.78 is 0. The highest BCUT2D eigenvalue weighted by molar-refractivity contribution is 5.90. The Labute approximate surface area is 145 Å². The molecular weight excluding hydrogens is 296 g/mol. The first-order valence-corrected chi connectivity index (χ1v) is 8.70. The van der Waals surface area contributed by atoms with Gasteiger partial charge in [0.05, 0.1) is 0 Å². The Morgan fingerprint density at radius 1 is 0.875 bits per heavy atom. The lowest BCUT2D eigenvalue weighted by Gasteiger charge is -2.20. The molecule has 0 aliphatic rings. The fraction of sp³-hybridized carbons (Fsp3) is 0.381. The largest absolute Gasteiger partial charge is 0.384 e. The smallest absolute Gasteiger partial charge is 0.226 e. The monoisotopic (exact) mass is 324 g/mol. The van der Waals surface area contributed by atoms with Crippen molar-refractivity contribution in [3.63, 3.8) is 0 Å². The fourth-order valence-corrected chi connectivity index (χ4v) is 2.80. The van der Waals surface area contributed by atoms with Crippen LogP contribution in [0.5, 0.6) is 0 Å². The molecule has 3 nitrogen and oxygen atoms in total. The average Bonchev–Trinajstić information content (AvgIpc) is 2.55. The van der Waals surface area contributed by atoms with Crippen molar-refractivity contribution in [2.45, 2.75) is 46.0 Å². The first-order valence-electron chi connectivity index (χ1n) is 8.70. The van der Waals surface area contributed by atoms with Crippen LogP contribution in [0.4, 0.5) is 11.4 Å². The summed E-state index contributed by atoms with van der Waals surface area (Å²) in [4.78, 5) is 12.1. The highest BCUT2D eigenvalue weighted by Crippen LogP contribution is 2.32. The zero-order valence-corrected chi connectivity index (χ0v) is 15.1. The van der Waals surface area contributed by atoms with Gasteiger partial charge in [-0.1, -0.05) is 64.1 Å². The molecule has 1 amide bonds. The van der Waals surface area contributed by atoms with Crippen molar-refractivity contribution in [2.24, 2.45) is 0 Å². The minimum atomic E-state index is 0.0295. The minimum absolute atomic E-state index is 0.0295. The summed E-state index contributed by atoms with van der Waals surface area (Å²) in [5.74, 6) is 0.926. The minimum Gasteiger partial charge on any atom is -0.384 e. The number of benzene rings is 2. The lowest BCUT2D eigenvalue weighted by atomic mass is 9.92. The van der Waals surface area contributed by atoms with E-state index in [2.05, 4.69) is 56.5 Å². The van der Waals surface area contributed by atoms with E-state index in [9.17, 15) is 4.79 Å². The molecule has 0 heterocycles. The van der Waals surface area contributed by atoms with Gasteiger partial charge in [0.25, 0.3) is 0 Å². The second-order valence-electron chi connectivity index (χ2n) is 6.71. The Morgan fingerprint density at radius 3 is 2.00 bits per heavy atom. The maximum Gasteiger partial charge on any atom is 0.226 e. The number of para-hydroxylation sites is 2. The van der Waals surface area contributed by atoms with Gasteiger partial charge in [0.1, 0.15) is 0 Å². The van der Waals surface area contributed by atoms with Crippen molar-refractivity contribution in [3.8, 4) is 0 Å². The zero-order valence-electron chi connectivity index (χ0n) is 15.1. The molecule has 0 radical (unpaired) electrons. The number of hydrogen-bond acceptors (Lipinski definition) is 2. The van der Waals surface area contributed by atoms with E-state index in [1.165, 1.54) is 16.8 Å². The number of rotatable bonds is 7. The van der Waals surface area contributed by atoms with Gasteiger partial charge in [-0.25, -0.2) is 0 Å². The predicted molar refractivity (Wildman–Crippen MR) is 103 cm³/mol. The van der Waals surface area contributed by atoms with Crippen LogP contribution >= 0.6 is 0 Å². The molecule has 2 aromatic rings. The van der Waals surface area contributed by atoms with Crippen molar-refractivity contribution >= 4 is 17.3 Å². The van der Waals surface area contributed by atoms with Crippen molar-refractivity contribution in [1.82, 2.24) is 0 Å². The third-order valence-corrected chi connectivity index (χ3v) is 4.08. The standard InChI is InChI=1S/C21H28N2O/c1-15(2)18-11-8-12-19(16(3)4)21(18)22-14-13-20(24)23-17-9-6-5-7-10-17/h5-12,15-16,22H,13-14H2,1-4H3,(H,23,24). The normalized spacial score (nSPS) is 10.9. The van der Waals surface area contributed by atoms with E-state index >= 15 is 0 Å². The summed E-state index contributed by atoms with van der Waals surface area (Å²) in [6, 6.07) is 16.0. The molecule has 3 heteroatoms. The lowest BCUT2D eigenvalue weighted by molar-refractivity contribution is -0.115. The third-order valence-electron chi connectivity index (χ3n) is 4.08. The van der Waals surface area contributed by atoms with Crippen molar-refractivity contribution in [3.05, 3.63) is 59.7 Å². The number of anilines is 2. The molecule has 2 N–H and O–H groups in total. The van der Waals surface area contributed by atoms with Crippen LogP contribution in [0.3, 0.4) is 0 Å². The van der Waals surface area contributed by atoms with Gasteiger partial charge in [0.15, 0.2) is 0 Å². The molecule has 0 atom stereocenters. The maximum atomic E-state index is 12.1. The van der Waals surface area contributed by atoms with Crippen LogP contribution in [0.2, 0.25) is 0 Å². The highest BCUT2D eigenvalue weighted by atomic mass is 16.1. The van der Waals surface area contributed by atoms with Crippen LogP contribution in [0.15, 0.2) is 48.5 Å². The van der Waals surface area contributed by atoms with Gasteiger partial charge >= 0.3 is 0 Å². The van der Waals surface area contributed by atoms with Crippen molar-refractivity contribution < 1.29 is 4.79 Å². The van der Waals surface area contributed by atoms with Crippen LogP contribution < -0.4 is 10.6 Å². The second kappa shape index (κ2) is 8.53. The van der Waals surface area contributed by atoms with Crippen LogP contribution in [0, 0.1) is 0 Å². The van der Waals surface area contributed by atoms with Gasteiger partial charge in [0, 0.05) is 24.3 Å². The molecule has 2 aromatic carbocycles. The summed E-state index contributed by atoms with van der Waals surface area (Å²) >= 11 is 0. The van der Waals surface area contributed by atoms with Gasteiger partial charge in [-0.05, 0) is 35.1 Å². The summed E-state index contributed by atoms with van der Waals surface area (Å²) in [5.41, 5.74) is 4.65. The van der Waals surface area contributed by atoms with Gasteiger partial charge in [-0.3, -0.25) is 4.79 Å². The molecule has 0 aliphatic heterocycles. The maximum absolute atomic E-state index is 12.1. The molecule has 0 spiro atoms. The van der Waals surface area contributed by atoms with E-state index < -0.39 is 0 Å². The van der Waals surface area contributed by atoms with E-state index in [-0.39, 0.29) is 5.91 Å². The van der Waals surface area contributed by atoms with Crippen LogP contribution in [0.25, 0.3) is 0 Å². The number of nitrogens with one attached hydrogen (secondary N) is 2. The van der Waals surface area contributed by atoms with Crippen molar-refractivity contribution in [2.75, 3.05) is 17.2 Å². The topological polar surface area (TPSA) is 41.1 Å². The van der Waals surface area contributed by atoms with Crippen LogP contribution in [0.1, 0.15) is 57.1 Å². The number of carbonyl (C=O) groups excluding carboxylic acids is 1. The van der Waals surface area contributed by atoms with Gasteiger partial charge in [-0.2, -0.15) is 0 Å². The fourth-order valence-electron chi connectivity index (χ4n) is 2.80. The van der Waals surface area contributed by atoms with E-state index in [4.69, 9.17) is 0 Å². The Kier molecular flexibility index (Phi) is 6.42. The number of hydrogen-bond donors (Lipinski definition) is 2. The Morgan fingerprint density at radius 2 is 1.46 bits per heavy atom. The number of carbonyl (C=O) groups is 1. The molecule has 0 aliphatic carbocycles. The Bertz CT molecular complexity index is 637. The van der Waals surface area contributed by atoms with E-state index in [0.29, 0.717) is 24.8 Å². The summed E-state index contributed by atoms with van der Waals surface area (Å²) in [5, 5.41) is 6.42. The first-order chi connectivity index (χ1) is 11.5. The molecule has 2 rings (SSSR count). The zero-order chi connectivity index (χ0) is 17.5. The van der Waals surface area contributed by atoms with Crippen LogP contribution in [-0.2, 0) is 4.79 Å². The third kappa shape index (κ3) is 4.85. The Hall–Kier alpha value is -2.29. The van der Waals surface area contributed by atoms with Gasteiger partial charge < -0.3 is 10.6 Å². The molecule has 0 saturated carbocycles. The molecule has 0 unspecified atom stereocenters. The molecular formula is C21H28N2O. The van der Waals surface area contributed by atoms with E-state index in [1.54, 1.807) is 0 Å². The highest BCUT2D eigenvalue weighted by Gasteiger charge is 2.13. The SMILES string of the molecule is CC(C)c1cccc(C(C)C)c1NCCC(=O)Nc1ccccc1. The first kappa shape index (κ1) is 18.1. The van der Waals surface area contributed by atoms with E-state index in [1.807, 2.05) is 30.3 Å². The Balaban J connectivity index is 2.00. The predicted octanol–water partition coefficient (Wildman–Crippen LogP) is 5.37. The van der Waals surface area contributed by atoms with Gasteiger partial charge in [0.2, 0.25) is 5.91 Å². The molecule has 0 saturated heterocycles. The van der Waals surface area contributed by atoms with Gasteiger partial charge in [-0.15, -0.1) is 0 Å². The molecule has 128 valence electrons. The summed E-state index contributed by atoms with van der Waals surface area (Å²) in [6.45, 7) is 9.43. The molecule has 0 aromatic heterocycles. The quantitative estimate of drug-likeness (QED) is 0.718. The summed E-state index contributed by atoms with van der Waals surface area (Å²) in [6.07, 6.45) is 0.443. The average molecular weight is 324 g/mol. The summed E-state index contributed by atoms with van der Waals surface area (Å²) in [7, 11) is 0. The molecule has 24 heavy (non-hydrogen) atoms. The van der Waals surface area contributed by atoms with Crippen molar-refractivity contribution in [1.29, 1.82) is 0 Å². The second-order valence-corrected chi connectivity index (χ2v) is 6.71. The number of amides is 1. The molecule has 0 fully saturated rings.